The second kappa shape index (κ2) is 8.07. The first-order valence-corrected chi connectivity index (χ1v) is 9.00. The maximum absolute atomic E-state index is 12.8. The Morgan fingerprint density at radius 2 is 1.75 bits per heavy atom. The SMILES string of the molecule is O=C1C=C(Nc2ccc(Sc3cccc(C(F)(F)F)c3)cc2)C(=O)N1CCO. The van der Waals surface area contributed by atoms with Crippen molar-refractivity contribution in [3.05, 3.63) is 65.9 Å². The van der Waals surface area contributed by atoms with E-state index in [9.17, 15) is 22.8 Å². The van der Waals surface area contributed by atoms with Gasteiger partial charge in [0.2, 0.25) is 0 Å². The van der Waals surface area contributed by atoms with Gasteiger partial charge in [-0.3, -0.25) is 14.5 Å². The van der Waals surface area contributed by atoms with Gasteiger partial charge in [-0.25, -0.2) is 0 Å². The van der Waals surface area contributed by atoms with Gasteiger partial charge < -0.3 is 10.4 Å². The molecule has 9 heteroatoms. The maximum Gasteiger partial charge on any atom is 0.416 e. The normalized spacial score (nSPS) is 14.4. The van der Waals surface area contributed by atoms with Gasteiger partial charge >= 0.3 is 6.18 Å². The molecule has 2 aromatic carbocycles. The summed E-state index contributed by atoms with van der Waals surface area (Å²) in [6, 6.07) is 11.8. The third-order valence-electron chi connectivity index (χ3n) is 3.86. The zero-order valence-corrected chi connectivity index (χ0v) is 15.2. The van der Waals surface area contributed by atoms with Crippen LogP contribution in [0.25, 0.3) is 0 Å². The molecule has 0 spiro atoms. The molecule has 0 radical (unpaired) electrons. The molecule has 0 atom stereocenters. The topological polar surface area (TPSA) is 69.6 Å². The summed E-state index contributed by atoms with van der Waals surface area (Å²) in [7, 11) is 0. The molecule has 146 valence electrons. The third-order valence-corrected chi connectivity index (χ3v) is 4.86. The van der Waals surface area contributed by atoms with E-state index in [1.165, 1.54) is 17.8 Å². The van der Waals surface area contributed by atoms with Crippen LogP contribution < -0.4 is 5.32 Å². The summed E-state index contributed by atoms with van der Waals surface area (Å²) in [6.07, 6.45) is -3.24. The zero-order chi connectivity index (χ0) is 20.3. The molecular formula is C19H15F3N2O3S. The van der Waals surface area contributed by atoms with Gasteiger partial charge in [-0.2, -0.15) is 13.2 Å². The first kappa shape index (κ1) is 20.0. The predicted octanol–water partition coefficient (Wildman–Crippen LogP) is 3.51. The van der Waals surface area contributed by atoms with Gasteiger partial charge in [0.15, 0.2) is 0 Å². The van der Waals surface area contributed by atoms with E-state index in [2.05, 4.69) is 5.32 Å². The van der Waals surface area contributed by atoms with Crippen molar-refractivity contribution >= 4 is 29.3 Å². The standard InChI is InChI=1S/C19H15F3N2O3S/c20-19(21,22)12-2-1-3-15(10-12)28-14-6-4-13(5-7-14)23-16-11-17(26)24(8-9-25)18(16)27/h1-7,10-11,23,25H,8-9H2. The van der Waals surface area contributed by atoms with Gasteiger partial charge in [-0.1, -0.05) is 17.8 Å². The Balaban J connectivity index is 1.67. The summed E-state index contributed by atoms with van der Waals surface area (Å²) < 4.78 is 38.4. The van der Waals surface area contributed by atoms with Crippen LogP contribution in [0.5, 0.6) is 0 Å². The number of carbonyl (C=O) groups is 2. The van der Waals surface area contributed by atoms with Crippen LogP contribution in [0.3, 0.4) is 0 Å². The molecular weight excluding hydrogens is 393 g/mol. The molecule has 28 heavy (non-hydrogen) atoms. The summed E-state index contributed by atoms with van der Waals surface area (Å²) in [6.45, 7) is -0.397. The molecule has 0 aromatic heterocycles. The summed E-state index contributed by atoms with van der Waals surface area (Å²) >= 11 is 1.18. The van der Waals surface area contributed by atoms with Crippen LogP contribution >= 0.6 is 11.8 Å². The summed E-state index contributed by atoms with van der Waals surface area (Å²) in [5, 5.41) is 11.7. The number of amides is 2. The van der Waals surface area contributed by atoms with Crippen LogP contribution in [-0.4, -0.2) is 35.0 Å². The van der Waals surface area contributed by atoms with E-state index in [4.69, 9.17) is 5.11 Å². The van der Waals surface area contributed by atoms with E-state index in [0.29, 0.717) is 10.6 Å². The Morgan fingerprint density at radius 3 is 2.39 bits per heavy atom. The highest BCUT2D eigenvalue weighted by molar-refractivity contribution is 7.99. The average Bonchev–Trinajstić information content (AvgIpc) is 2.91. The van der Waals surface area contributed by atoms with Gasteiger partial charge in [0.25, 0.3) is 11.8 Å². The number of aliphatic hydroxyl groups excluding tert-OH is 1. The average molecular weight is 408 g/mol. The molecule has 5 nitrogen and oxygen atoms in total. The first-order chi connectivity index (χ1) is 13.3. The number of hydrogen-bond donors (Lipinski definition) is 2. The van der Waals surface area contributed by atoms with Crippen LogP contribution in [0.15, 0.2) is 70.1 Å². The number of hydrogen-bond acceptors (Lipinski definition) is 5. The Bertz CT molecular complexity index is 927. The minimum atomic E-state index is -4.40. The van der Waals surface area contributed by atoms with Gasteiger partial charge in [0, 0.05) is 21.6 Å². The Hall–Kier alpha value is -2.78. The quantitative estimate of drug-likeness (QED) is 0.716. The molecule has 1 aliphatic rings. The second-order valence-electron chi connectivity index (χ2n) is 5.85. The number of carbonyl (C=O) groups excluding carboxylic acids is 2. The summed E-state index contributed by atoms with van der Waals surface area (Å²) in [4.78, 5) is 25.9. The van der Waals surface area contributed by atoms with E-state index in [0.717, 1.165) is 28.0 Å². The number of alkyl halides is 3. The van der Waals surface area contributed by atoms with E-state index >= 15 is 0 Å². The number of rotatable bonds is 6. The van der Waals surface area contributed by atoms with Crippen molar-refractivity contribution < 1.29 is 27.9 Å². The van der Waals surface area contributed by atoms with E-state index in [1.807, 2.05) is 0 Å². The number of halogens is 3. The molecule has 1 aliphatic heterocycles. The van der Waals surface area contributed by atoms with Crippen LogP contribution in [0.4, 0.5) is 18.9 Å². The van der Waals surface area contributed by atoms with Gasteiger partial charge in [0.05, 0.1) is 18.7 Å². The van der Waals surface area contributed by atoms with Crippen molar-refractivity contribution in [1.29, 1.82) is 0 Å². The molecule has 3 rings (SSSR count). The minimum absolute atomic E-state index is 0.0775. The smallest absolute Gasteiger partial charge is 0.395 e. The number of imide groups is 1. The molecule has 1 heterocycles. The lowest BCUT2D eigenvalue weighted by atomic mass is 10.2. The third kappa shape index (κ3) is 4.55. The molecule has 0 saturated heterocycles. The predicted molar refractivity (Wildman–Crippen MR) is 97.5 cm³/mol. The van der Waals surface area contributed by atoms with Crippen LogP contribution in [-0.2, 0) is 15.8 Å². The lowest BCUT2D eigenvalue weighted by Crippen LogP contribution is -2.34. The number of anilines is 1. The highest BCUT2D eigenvalue weighted by atomic mass is 32.2. The molecule has 0 unspecified atom stereocenters. The highest BCUT2D eigenvalue weighted by Crippen LogP contribution is 2.34. The molecule has 2 N–H and O–H groups in total. The van der Waals surface area contributed by atoms with Crippen molar-refractivity contribution in [2.45, 2.75) is 16.0 Å². The first-order valence-electron chi connectivity index (χ1n) is 8.18. The van der Waals surface area contributed by atoms with Crippen molar-refractivity contribution in [2.75, 3.05) is 18.5 Å². The van der Waals surface area contributed by atoms with E-state index in [-0.39, 0.29) is 18.8 Å². The van der Waals surface area contributed by atoms with Gasteiger partial charge in [-0.05, 0) is 42.5 Å². The van der Waals surface area contributed by atoms with Crippen LogP contribution in [0, 0.1) is 0 Å². The van der Waals surface area contributed by atoms with E-state index in [1.54, 1.807) is 30.3 Å². The minimum Gasteiger partial charge on any atom is -0.395 e. The lowest BCUT2D eigenvalue weighted by molar-refractivity contribution is -0.138. The second-order valence-corrected chi connectivity index (χ2v) is 7.00. The van der Waals surface area contributed by atoms with Gasteiger partial charge in [0.1, 0.15) is 5.70 Å². The van der Waals surface area contributed by atoms with Crippen LogP contribution in [0.2, 0.25) is 0 Å². The Morgan fingerprint density at radius 1 is 1.04 bits per heavy atom. The number of nitrogens with one attached hydrogen (secondary N) is 1. The number of aliphatic hydroxyl groups is 1. The molecule has 0 fully saturated rings. The fourth-order valence-electron chi connectivity index (χ4n) is 2.54. The monoisotopic (exact) mass is 408 g/mol. The molecule has 2 amide bonds. The Kier molecular flexibility index (Phi) is 5.76. The summed E-state index contributed by atoms with van der Waals surface area (Å²) in [5.74, 6) is -1.03. The zero-order valence-electron chi connectivity index (χ0n) is 14.4. The van der Waals surface area contributed by atoms with Crippen molar-refractivity contribution in [3.63, 3.8) is 0 Å². The molecule has 0 bridgehead atoms. The summed E-state index contributed by atoms with van der Waals surface area (Å²) in [5.41, 5.74) is -0.0667. The fourth-order valence-corrected chi connectivity index (χ4v) is 3.42. The largest absolute Gasteiger partial charge is 0.416 e. The highest BCUT2D eigenvalue weighted by Gasteiger charge is 2.31. The van der Waals surface area contributed by atoms with Crippen molar-refractivity contribution in [2.24, 2.45) is 0 Å². The maximum atomic E-state index is 12.8. The Labute approximate surface area is 162 Å². The van der Waals surface area contributed by atoms with Gasteiger partial charge in [-0.15, -0.1) is 0 Å². The fraction of sp³-hybridized carbons (Fsp3) is 0.158. The number of β-amino-alcohol motifs (C(OH)–C–C–N with tert-alkyl or cyclic N) is 1. The molecule has 0 saturated carbocycles. The lowest BCUT2D eigenvalue weighted by Gasteiger charge is -2.13. The van der Waals surface area contributed by atoms with Crippen molar-refractivity contribution in [1.82, 2.24) is 4.90 Å². The number of nitrogens with zero attached hydrogens (tertiary/aromatic N) is 1. The number of benzene rings is 2. The van der Waals surface area contributed by atoms with Crippen LogP contribution in [0.1, 0.15) is 5.56 Å². The van der Waals surface area contributed by atoms with E-state index < -0.39 is 23.6 Å². The molecule has 0 aliphatic carbocycles. The van der Waals surface area contributed by atoms with Crippen molar-refractivity contribution in [3.8, 4) is 0 Å². The molecule has 2 aromatic rings.